The molecule has 1 aromatic carbocycles. The van der Waals surface area contributed by atoms with Crippen LogP contribution in [0, 0.1) is 23.2 Å². The number of hydrogen-bond donors (Lipinski definition) is 1. The van der Waals surface area contributed by atoms with E-state index in [1.54, 1.807) is 32.0 Å². The molecule has 0 saturated carbocycles. The maximum atomic E-state index is 12.7. The van der Waals surface area contributed by atoms with E-state index in [1.807, 2.05) is 6.07 Å². The summed E-state index contributed by atoms with van der Waals surface area (Å²) in [6.45, 7) is 3.32. The fourth-order valence-corrected chi connectivity index (χ4v) is 3.66. The van der Waals surface area contributed by atoms with Crippen LogP contribution in [0.2, 0.25) is 0 Å². The van der Waals surface area contributed by atoms with Gasteiger partial charge in [-0.25, -0.2) is 8.42 Å². The molecule has 1 N–H and O–H groups in total. The summed E-state index contributed by atoms with van der Waals surface area (Å²) in [6.07, 6.45) is 0.127. The molecule has 0 aliphatic heterocycles. The summed E-state index contributed by atoms with van der Waals surface area (Å²) in [5.74, 6) is 5.11. The van der Waals surface area contributed by atoms with Gasteiger partial charge in [-0.15, -0.1) is 0 Å². The lowest BCUT2D eigenvalue weighted by Gasteiger charge is -2.25. The first-order chi connectivity index (χ1) is 9.95. The summed E-state index contributed by atoms with van der Waals surface area (Å²) in [6, 6.07) is 8.09. The number of hydrogen-bond acceptors (Lipinski definition) is 4. The zero-order valence-corrected chi connectivity index (χ0v) is 12.9. The normalized spacial score (nSPS) is 11.0. The van der Waals surface area contributed by atoms with Crippen LogP contribution in [0.4, 0.5) is 0 Å². The minimum atomic E-state index is -3.74. The van der Waals surface area contributed by atoms with Crippen molar-refractivity contribution in [1.29, 1.82) is 5.26 Å². The molecule has 0 atom stereocenters. The molecule has 0 spiro atoms. The predicted molar refractivity (Wildman–Crippen MR) is 79.7 cm³/mol. The summed E-state index contributed by atoms with van der Waals surface area (Å²) in [5, 5.41) is 17.4. The number of nitrogens with zero attached hydrogens (tertiary/aromatic N) is 2. The molecule has 112 valence electrons. The maximum Gasteiger partial charge on any atom is 0.244 e. The van der Waals surface area contributed by atoms with Crippen molar-refractivity contribution in [3.8, 4) is 17.9 Å². The van der Waals surface area contributed by atoms with E-state index in [-0.39, 0.29) is 30.5 Å². The Balaban J connectivity index is 3.32. The quantitative estimate of drug-likeness (QED) is 0.832. The topological polar surface area (TPSA) is 81.4 Å². The van der Waals surface area contributed by atoms with Gasteiger partial charge in [0.25, 0.3) is 0 Å². The van der Waals surface area contributed by atoms with E-state index < -0.39 is 10.0 Å². The summed E-state index contributed by atoms with van der Waals surface area (Å²) in [7, 11) is -3.74. The van der Waals surface area contributed by atoms with Crippen LogP contribution in [0.3, 0.4) is 0 Å². The largest absolute Gasteiger partial charge is 0.384 e. The van der Waals surface area contributed by atoms with E-state index >= 15 is 0 Å². The highest BCUT2D eigenvalue weighted by Gasteiger charge is 2.28. The lowest BCUT2D eigenvalue weighted by molar-refractivity contribution is 0.350. The van der Waals surface area contributed by atoms with Gasteiger partial charge in [-0.05, 0) is 26.0 Å². The first kappa shape index (κ1) is 17.2. The maximum absolute atomic E-state index is 12.7. The zero-order valence-electron chi connectivity index (χ0n) is 12.1. The Morgan fingerprint density at radius 1 is 1.33 bits per heavy atom. The number of nitriles is 1. The third kappa shape index (κ3) is 4.30. The number of sulfonamides is 1. The molecule has 0 aromatic heterocycles. The SMILES string of the molecule is CC(C)N(CCC#N)S(=O)(=O)c1ccccc1C#CCO. The molecule has 0 amide bonds. The van der Waals surface area contributed by atoms with Crippen LogP contribution in [-0.4, -0.2) is 37.0 Å². The standard InChI is InChI=1S/C15H18N2O3S/c1-13(2)17(11-6-10-16)21(19,20)15-9-4-3-7-14(15)8-5-12-18/h3-4,7,9,13,18H,6,11-12H2,1-2H3. The summed E-state index contributed by atoms with van der Waals surface area (Å²) in [5.41, 5.74) is 0.342. The van der Waals surface area contributed by atoms with Gasteiger partial charge in [0.2, 0.25) is 10.0 Å². The minimum Gasteiger partial charge on any atom is -0.384 e. The third-order valence-electron chi connectivity index (χ3n) is 2.80. The molecule has 0 heterocycles. The van der Waals surface area contributed by atoms with Crippen molar-refractivity contribution in [1.82, 2.24) is 4.31 Å². The highest BCUT2D eigenvalue weighted by Crippen LogP contribution is 2.21. The number of benzene rings is 1. The molecule has 21 heavy (non-hydrogen) atoms. The molecule has 0 bridgehead atoms. The Morgan fingerprint density at radius 3 is 2.57 bits per heavy atom. The van der Waals surface area contributed by atoms with Crippen LogP contribution in [0.5, 0.6) is 0 Å². The van der Waals surface area contributed by atoms with Gasteiger partial charge in [0.15, 0.2) is 0 Å². The Morgan fingerprint density at radius 2 is 2.00 bits per heavy atom. The van der Waals surface area contributed by atoms with Crippen molar-refractivity contribution in [3.63, 3.8) is 0 Å². The summed E-state index contributed by atoms with van der Waals surface area (Å²) in [4.78, 5) is 0.0950. The number of aliphatic hydroxyl groups is 1. The van der Waals surface area contributed by atoms with E-state index in [4.69, 9.17) is 10.4 Å². The molecule has 0 unspecified atom stereocenters. The molecule has 1 aromatic rings. The average Bonchev–Trinajstić information content (AvgIpc) is 2.45. The monoisotopic (exact) mass is 306 g/mol. The third-order valence-corrected chi connectivity index (χ3v) is 4.93. The molecule has 0 fully saturated rings. The van der Waals surface area contributed by atoms with Gasteiger partial charge in [0.05, 0.1) is 11.0 Å². The van der Waals surface area contributed by atoms with Crippen LogP contribution >= 0.6 is 0 Å². The van der Waals surface area contributed by atoms with Crippen molar-refractivity contribution in [2.75, 3.05) is 13.2 Å². The van der Waals surface area contributed by atoms with E-state index in [0.29, 0.717) is 5.56 Å². The average molecular weight is 306 g/mol. The van der Waals surface area contributed by atoms with Crippen molar-refractivity contribution in [3.05, 3.63) is 29.8 Å². The lowest BCUT2D eigenvalue weighted by atomic mass is 10.2. The molecule has 5 nitrogen and oxygen atoms in total. The molecular formula is C15H18N2O3S. The summed E-state index contributed by atoms with van der Waals surface area (Å²) >= 11 is 0. The Labute approximate surface area is 125 Å². The van der Waals surface area contributed by atoms with Gasteiger partial charge < -0.3 is 5.11 Å². The molecule has 0 aliphatic carbocycles. The van der Waals surface area contributed by atoms with Crippen LogP contribution < -0.4 is 0 Å². The molecular weight excluding hydrogens is 288 g/mol. The van der Waals surface area contributed by atoms with Gasteiger partial charge in [-0.2, -0.15) is 9.57 Å². The summed E-state index contributed by atoms with van der Waals surface area (Å²) < 4.78 is 26.8. The first-order valence-corrected chi connectivity index (χ1v) is 7.96. The number of rotatable bonds is 5. The van der Waals surface area contributed by atoms with Crippen LogP contribution in [0.15, 0.2) is 29.2 Å². The first-order valence-electron chi connectivity index (χ1n) is 6.52. The fourth-order valence-electron chi connectivity index (χ4n) is 1.87. The smallest absolute Gasteiger partial charge is 0.244 e. The number of aliphatic hydroxyl groups excluding tert-OH is 1. The van der Waals surface area contributed by atoms with Gasteiger partial charge in [0.1, 0.15) is 6.61 Å². The van der Waals surface area contributed by atoms with Crippen LogP contribution in [-0.2, 0) is 10.0 Å². The zero-order chi connectivity index (χ0) is 15.9. The molecule has 1 rings (SSSR count). The molecule has 6 heteroatoms. The molecule has 0 saturated heterocycles. The van der Waals surface area contributed by atoms with Crippen LogP contribution in [0.1, 0.15) is 25.8 Å². The predicted octanol–water partition coefficient (Wildman–Crippen LogP) is 1.34. The van der Waals surface area contributed by atoms with Crippen molar-refractivity contribution in [2.24, 2.45) is 0 Å². The second kappa shape index (κ2) is 7.80. The lowest BCUT2D eigenvalue weighted by Crippen LogP contribution is -2.37. The Bertz CT molecular complexity index is 679. The van der Waals surface area contributed by atoms with E-state index in [2.05, 4.69) is 11.8 Å². The van der Waals surface area contributed by atoms with E-state index in [1.165, 1.54) is 10.4 Å². The highest BCUT2D eigenvalue weighted by molar-refractivity contribution is 7.89. The highest BCUT2D eigenvalue weighted by atomic mass is 32.2. The molecule has 0 radical (unpaired) electrons. The van der Waals surface area contributed by atoms with Crippen molar-refractivity contribution >= 4 is 10.0 Å². The van der Waals surface area contributed by atoms with Gasteiger partial charge >= 0.3 is 0 Å². The van der Waals surface area contributed by atoms with E-state index in [0.717, 1.165) is 0 Å². The Hall–Kier alpha value is -1.86. The van der Waals surface area contributed by atoms with Gasteiger partial charge in [-0.1, -0.05) is 24.0 Å². The van der Waals surface area contributed by atoms with Crippen molar-refractivity contribution in [2.45, 2.75) is 31.2 Å². The second-order valence-corrected chi connectivity index (χ2v) is 6.43. The second-order valence-electron chi connectivity index (χ2n) is 4.57. The Kier molecular flexibility index (Phi) is 6.39. The van der Waals surface area contributed by atoms with E-state index in [9.17, 15) is 8.42 Å². The minimum absolute atomic E-state index is 0.0950. The van der Waals surface area contributed by atoms with Gasteiger partial charge in [0, 0.05) is 24.6 Å². The molecule has 0 aliphatic rings. The fraction of sp³-hybridized carbons (Fsp3) is 0.400. The van der Waals surface area contributed by atoms with Crippen molar-refractivity contribution < 1.29 is 13.5 Å². The van der Waals surface area contributed by atoms with Gasteiger partial charge in [-0.3, -0.25) is 0 Å². The van der Waals surface area contributed by atoms with Crippen LogP contribution in [0.25, 0.3) is 0 Å².